The highest BCUT2D eigenvalue weighted by atomic mass is 79.9. The van der Waals surface area contributed by atoms with Crippen molar-refractivity contribution in [2.75, 3.05) is 18.0 Å². The number of nitrogens with two attached hydrogens (primary N) is 1. The van der Waals surface area contributed by atoms with E-state index in [0.717, 1.165) is 28.8 Å². The van der Waals surface area contributed by atoms with Crippen molar-refractivity contribution in [3.05, 3.63) is 57.7 Å². The first kappa shape index (κ1) is 13.6. The van der Waals surface area contributed by atoms with Gasteiger partial charge in [0.15, 0.2) is 0 Å². The highest BCUT2D eigenvalue weighted by molar-refractivity contribution is 9.10. The summed E-state index contributed by atoms with van der Waals surface area (Å²) in [7, 11) is 0. The number of fused-ring (bicyclic) bond motifs is 1. The predicted molar refractivity (Wildman–Crippen MR) is 86.0 cm³/mol. The van der Waals surface area contributed by atoms with Crippen molar-refractivity contribution in [1.29, 1.82) is 0 Å². The summed E-state index contributed by atoms with van der Waals surface area (Å²) in [6.45, 7) is 3.60. The Labute approximate surface area is 127 Å². The third kappa shape index (κ3) is 2.34. The van der Waals surface area contributed by atoms with Crippen molar-refractivity contribution in [2.45, 2.75) is 19.4 Å². The van der Waals surface area contributed by atoms with Gasteiger partial charge in [-0.25, -0.2) is 4.98 Å². The van der Waals surface area contributed by atoms with E-state index >= 15 is 0 Å². The molecule has 2 N–H and O–H groups in total. The molecule has 104 valence electrons. The lowest BCUT2D eigenvalue weighted by Gasteiger charge is -2.38. The highest BCUT2D eigenvalue weighted by Gasteiger charge is 2.28. The summed E-state index contributed by atoms with van der Waals surface area (Å²) in [6, 6.07) is 10.9. The molecule has 3 rings (SSSR count). The van der Waals surface area contributed by atoms with Gasteiger partial charge >= 0.3 is 0 Å². The maximum Gasteiger partial charge on any atom is 0.143 e. The van der Waals surface area contributed by atoms with E-state index in [1.807, 2.05) is 13.1 Å². The number of nitrogens with zero attached hydrogens (tertiary/aromatic N) is 2. The molecule has 0 spiro atoms. The Kier molecular flexibility index (Phi) is 3.76. The topological polar surface area (TPSA) is 42.2 Å². The molecule has 0 saturated carbocycles. The number of anilines is 1. The Morgan fingerprint density at radius 1 is 1.40 bits per heavy atom. The second kappa shape index (κ2) is 5.54. The van der Waals surface area contributed by atoms with Gasteiger partial charge in [0.1, 0.15) is 5.82 Å². The van der Waals surface area contributed by atoms with Gasteiger partial charge in [0.2, 0.25) is 0 Å². The summed E-state index contributed by atoms with van der Waals surface area (Å²) < 4.78 is 1.04. The minimum Gasteiger partial charge on any atom is -0.347 e. The van der Waals surface area contributed by atoms with Crippen LogP contribution in [0.4, 0.5) is 5.82 Å². The van der Waals surface area contributed by atoms with Crippen LogP contribution in [-0.2, 0) is 6.42 Å². The Balaban J connectivity index is 2.03. The molecule has 0 fully saturated rings. The molecule has 0 aliphatic carbocycles. The van der Waals surface area contributed by atoms with Gasteiger partial charge in [0, 0.05) is 19.3 Å². The van der Waals surface area contributed by atoms with Crippen LogP contribution in [0.1, 0.15) is 22.7 Å². The van der Waals surface area contributed by atoms with E-state index in [1.54, 1.807) is 0 Å². The summed E-state index contributed by atoms with van der Waals surface area (Å²) in [5, 5.41) is 0. The molecule has 2 aromatic rings. The van der Waals surface area contributed by atoms with Gasteiger partial charge in [-0.15, -0.1) is 0 Å². The second-order valence-corrected chi connectivity index (χ2v) is 6.07. The van der Waals surface area contributed by atoms with E-state index in [4.69, 9.17) is 5.73 Å². The number of benzene rings is 1. The Morgan fingerprint density at radius 2 is 2.20 bits per heavy atom. The molecule has 0 bridgehead atoms. The van der Waals surface area contributed by atoms with E-state index in [1.165, 1.54) is 11.1 Å². The molecular weight excluding hydrogens is 314 g/mol. The smallest absolute Gasteiger partial charge is 0.143 e. The second-order valence-electron chi connectivity index (χ2n) is 5.21. The molecule has 0 radical (unpaired) electrons. The number of aromatic nitrogens is 1. The number of pyridine rings is 1. The molecule has 1 aliphatic rings. The molecule has 1 aromatic heterocycles. The maximum atomic E-state index is 6.04. The van der Waals surface area contributed by atoms with E-state index in [9.17, 15) is 0 Å². The van der Waals surface area contributed by atoms with E-state index in [2.05, 4.69) is 56.1 Å². The molecule has 1 aromatic carbocycles. The first-order valence-electron chi connectivity index (χ1n) is 6.87. The molecule has 1 atom stereocenters. The lowest BCUT2D eigenvalue weighted by atomic mass is 9.92. The SMILES string of the molecule is Cc1cnc(N2CCc3ccccc3C2CN)c(Br)c1. The Morgan fingerprint density at radius 3 is 2.95 bits per heavy atom. The lowest BCUT2D eigenvalue weighted by Crippen LogP contribution is -2.40. The quantitative estimate of drug-likeness (QED) is 0.918. The van der Waals surface area contributed by atoms with Crippen LogP contribution in [-0.4, -0.2) is 18.1 Å². The number of aryl methyl sites for hydroxylation is 1. The van der Waals surface area contributed by atoms with Gasteiger partial charge in [0.25, 0.3) is 0 Å². The molecule has 20 heavy (non-hydrogen) atoms. The van der Waals surface area contributed by atoms with Crippen LogP contribution < -0.4 is 10.6 Å². The summed E-state index contributed by atoms with van der Waals surface area (Å²) >= 11 is 3.63. The minimum absolute atomic E-state index is 0.200. The third-order valence-electron chi connectivity index (χ3n) is 3.87. The molecule has 0 amide bonds. The summed E-state index contributed by atoms with van der Waals surface area (Å²) in [5.74, 6) is 0.987. The van der Waals surface area contributed by atoms with E-state index < -0.39 is 0 Å². The van der Waals surface area contributed by atoms with Gasteiger partial charge in [-0.3, -0.25) is 0 Å². The van der Waals surface area contributed by atoms with Crippen LogP contribution in [0, 0.1) is 6.92 Å². The van der Waals surface area contributed by atoms with Crippen LogP contribution >= 0.6 is 15.9 Å². The number of hydrogen-bond acceptors (Lipinski definition) is 3. The molecule has 3 nitrogen and oxygen atoms in total. The fourth-order valence-electron chi connectivity index (χ4n) is 2.90. The molecular formula is C16H18BrN3. The zero-order chi connectivity index (χ0) is 14.1. The fraction of sp³-hybridized carbons (Fsp3) is 0.312. The van der Waals surface area contributed by atoms with Crippen LogP contribution in [0.5, 0.6) is 0 Å². The Hall–Kier alpha value is -1.39. The first-order chi connectivity index (χ1) is 9.70. The van der Waals surface area contributed by atoms with Crippen LogP contribution in [0.25, 0.3) is 0 Å². The van der Waals surface area contributed by atoms with E-state index in [0.29, 0.717) is 6.54 Å². The van der Waals surface area contributed by atoms with Gasteiger partial charge in [0.05, 0.1) is 10.5 Å². The van der Waals surface area contributed by atoms with Crippen LogP contribution in [0.15, 0.2) is 41.0 Å². The van der Waals surface area contributed by atoms with Crippen molar-refractivity contribution >= 4 is 21.7 Å². The zero-order valence-electron chi connectivity index (χ0n) is 11.5. The molecule has 0 saturated heterocycles. The highest BCUT2D eigenvalue weighted by Crippen LogP contribution is 2.35. The van der Waals surface area contributed by atoms with Crippen molar-refractivity contribution in [2.24, 2.45) is 5.73 Å². The van der Waals surface area contributed by atoms with Crippen molar-refractivity contribution in [3.63, 3.8) is 0 Å². The average molecular weight is 332 g/mol. The Bertz CT molecular complexity index is 627. The summed E-state index contributed by atoms with van der Waals surface area (Å²) in [5.41, 5.74) is 9.93. The van der Waals surface area contributed by atoms with Crippen LogP contribution in [0.2, 0.25) is 0 Å². The number of rotatable bonds is 2. The normalized spacial score (nSPS) is 17.9. The van der Waals surface area contributed by atoms with E-state index in [-0.39, 0.29) is 6.04 Å². The molecule has 4 heteroatoms. The lowest BCUT2D eigenvalue weighted by molar-refractivity contribution is 0.583. The summed E-state index contributed by atoms with van der Waals surface area (Å²) in [6.07, 6.45) is 2.95. The molecule has 2 heterocycles. The van der Waals surface area contributed by atoms with Gasteiger partial charge in [-0.2, -0.15) is 0 Å². The van der Waals surface area contributed by atoms with Crippen molar-refractivity contribution in [3.8, 4) is 0 Å². The maximum absolute atomic E-state index is 6.04. The van der Waals surface area contributed by atoms with Crippen molar-refractivity contribution < 1.29 is 0 Å². The average Bonchev–Trinajstić information content (AvgIpc) is 2.46. The zero-order valence-corrected chi connectivity index (χ0v) is 13.1. The number of hydrogen-bond donors (Lipinski definition) is 1. The van der Waals surface area contributed by atoms with Crippen LogP contribution in [0.3, 0.4) is 0 Å². The van der Waals surface area contributed by atoms with Gasteiger partial charge in [-0.05, 0) is 52.0 Å². The molecule has 1 aliphatic heterocycles. The third-order valence-corrected chi connectivity index (χ3v) is 4.45. The largest absolute Gasteiger partial charge is 0.347 e. The van der Waals surface area contributed by atoms with Gasteiger partial charge < -0.3 is 10.6 Å². The van der Waals surface area contributed by atoms with Crippen molar-refractivity contribution in [1.82, 2.24) is 4.98 Å². The summed E-state index contributed by atoms with van der Waals surface area (Å²) in [4.78, 5) is 6.91. The monoisotopic (exact) mass is 331 g/mol. The number of halogens is 1. The first-order valence-corrected chi connectivity index (χ1v) is 7.66. The fourth-order valence-corrected chi connectivity index (χ4v) is 3.59. The minimum atomic E-state index is 0.200. The van der Waals surface area contributed by atoms with Gasteiger partial charge in [-0.1, -0.05) is 24.3 Å². The molecule has 1 unspecified atom stereocenters. The predicted octanol–water partition coefficient (Wildman–Crippen LogP) is 3.22. The standard InChI is InChI=1S/C16H18BrN3/c1-11-8-14(17)16(19-10-11)20-7-6-12-4-2-3-5-13(12)15(20)9-18/h2-5,8,10,15H,6-7,9,18H2,1H3.